The Hall–Kier alpha value is -2.56. The molecule has 3 aromatic heterocycles. The molecule has 1 atom stereocenters. The van der Waals surface area contributed by atoms with Crippen molar-refractivity contribution >= 4 is 5.69 Å². The number of hydrogen-bond donors (Lipinski definition) is 1. The maximum absolute atomic E-state index is 5.67. The summed E-state index contributed by atoms with van der Waals surface area (Å²) in [4.78, 5) is 8.72. The fourth-order valence-corrected chi connectivity index (χ4v) is 2.29. The average Bonchev–Trinajstić information content (AvgIpc) is 3.08. The molecule has 0 aromatic carbocycles. The van der Waals surface area contributed by atoms with Gasteiger partial charge in [0.05, 0.1) is 11.7 Å². The van der Waals surface area contributed by atoms with Gasteiger partial charge in [-0.25, -0.2) is 9.97 Å². The van der Waals surface area contributed by atoms with Gasteiger partial charge in [0.25, 0.3) is 0 Å². The van der Waals surface area contributed by atoms with Crippen LogP contribution in [0.2, 0.25) is 0 Å². The summed E-state index contributed by atoms with van der Waals surface area (Å²) in [5.74, 6) is 3.56. The first-order chi connectivity index (χ1) is 10.1. The Balaban J connectivity index is 1.91. The van der Waals surface area contributed by atoms with Crippen LogP contribution in [0.5, 0.6) is 0 Å². The number of aryl methyl sites for hydroxylation is 2. The number of imidazole rings is 1. The van der Waals surface area contributed by atoms with Gasteiger partial charge in [-0.1, -0.05) is 0 Å². The van der Waals surface area contributed by atoms with E-state index in [0.717, 1.165) is 28.9 Å². The van der Waals surface area contributed by atoms with Crippen LogP contribution < -0.4 is 5.32 Å². The molecular formula is C16H18N4O. The van der Waals surface area contributed by atoms with E-state index in [2.05, 4.69) is 22.2 Å². The van der Waals surface area contributed by atoms with Crippen molar-refractivity contribution in [2.45, 2.75) is 26.8 Å². The monoisotopic (exact) mass is 282 g/mol. The zero-order chi connectivity index (χ0) is 14.8. The predicted molar refractivity (Wildman–Crippen MR) is 81.6 cm³/mol. The number of hydrogen-bond acceptors (Lipinski definition) is 4. The van der Waals surface area contributed by atoms with E-state index < -0.39 is 0 Å². The Morgan fingerprint density at radius 2 is 2.00 bits per heavy atom. The molecule has 21 heavy (non-hydrogen) atoms. The van der Waals surface area contributed by atoms with E-state index in [1.54, 1.807) is 12.4 Å². The smallest absolute Gasteiger partial charge is 0.161 e. The van der Waals surface area contributed by atoms with Crippen LogP contribution in [0.25, 0.3) is 5.82 Å². The lowest BCUT2D eigenvalue weighted by Gasteiger charge is -2.16. The molecule has 0 spiro atoms. The van der Waals surface area contributed by atoms with Crippen LogP contribution in [0.3, 0.4) is 0 Å². The summed E-state index contributed by atoms with van der Waals surface area (Å²) in [6, 6.07) is 7.95. The summed E-state index contributed by atoms with van der Waals surface area (Å²) in [6.07, 6.45) is 5.46. The highest BCUT2D eigenvalue weighted by Crippen LogP contribution is 2.25. The second-order valence-corrected chi connectivity index (χ2v) is 5.03. The number of rotatable bonds is 4. The zero-order valence-electron chi connectivity index (χ0n) is 12.4. The van der Waals surface area contributed by atoms with Crippen LogP contribution in [-0.4, -0.2) is 14.5 Å². The molecule has 0 saturated carbocycles. The Labute approximate surface area is 123 Å². The second-order valence-electron chi connectivity index (χ2n) is 5.03. The molecule has 108 valence electrons. The topological polar surface area (TPSA) is 55.9 Å². The van der Waals surface area contributed by atoms with Gasteiger partial charge < -0.3 is 9.73 Å². The molecule has 3 aromatic rings. The summed E-state index contributed by atoms with van der Waals surface area (Å²) < 4.78 is 7.63. The van der Waals surface area contributed by atoms with Gasteiger partial charge in [0.2, 0.25) is 0 Å². The quantitative estimate of drug-likeness (QED) is 0.793. The minimum absolute atomic E-state index is 0.0606. The van der Waals surface area contributed by atoms with E-state index in [-0.39, 0.29) is 6.04 Å². The fourth-order valence-electron chi connectivity index (χ4n) is 2.29. The third-order valence-electron chi connectivity index (χ3n) is 3.40. The van der Waals surface area contributed by atoms with E-state index in [9.17, 15) is 0 Å². The summed E-state index contributed by atoms with van der Waals surface area (Å²) in [6.45, 7) is 5.97. The molecule has 0 bridgehead atoms. The normalized spacial score (nSPS) is 12.3. The van der Waals surface area contributed by atoms with Crippen LogP contribution in [-0.2, 0) is 0 Å². The third kappa shape index (κ3) is 2.67. The summed E-state index contributed by atoms with van der Waals surface area (Å²) in [5, 5.41) is 3.45. The minimum Gasteiger partial charge on any atom is -0.464 e. The van der Waals surface area contributed by atoms with Crippen LogP contribution in [0.15, 0.2) is 47.3 Å². The Morgan fingerprint density at radius 1 is 1.14 bits per heavy atom. The highest BCUT2D eigenvalue weighted by atomic mass is 16.3. The summed E-state index contributed by atoms with van der Waals surface area (Å²) >= 11 is 0. The van der Waals surface area contributed by atoms with Crippen molar-refractivity contribution in [1.82, 2.24) is 14.5 Å². The van der Waals surface area contributed by atoms with Crippen molar-refractivity contribution in [2.24, 2.45) is 0 Å². The van der Waals surface area contributed by atoms with Gasteiger partial charge in [-0.15, -0.1) is 0 Å². The van der Waals surface area contributed by atoms with Gasteiger partial charge in [0.1, 0.15) is 17.3 Å². The number of aromatic nitrogens is 3. The van der Waals surface area contributed by atoms with Gasteiger partial charge in [0.15, 0.2) is 5.82 Å². The van der Waals surface area contributed by atoms with Crippen molar-refractivity contribution in [3.63, 3.8) is 0 Å². The van der Waals surface area contributed by atoms with Gasteiger partial charge in [-0.05, 0) is 45.0 Å². The van der Waals surface area contributed by atoms with E-state index in [1.807, 2.05) is 48.9 Å². The minimum atomic E-state index is 0.0606. The van der Waals surface area contributed by atoms with Crippen LogP contribution in [0.1, 0.15) is 30.3 Å². The van der Waals surface area contributed by atoms with Crippen molar-refractivity contribution in [2.75, 3.05) is 5.32 Å². The molecule has 3 rings (SSSR count). The zero-order valence-corrected chi connectivity index (χ0v) is 12.4. The van der Waals surface area contributed by atoms with E-state index >= 15 is 0 Å². The van der Waals surface area contributed by atoms with E-state index in [1.165, 1.54) is 0 Å². The van der Waals surface area contributed by atoms with Gasteiger partial charge in [0, 0.05) is 18.6 Å². The maximum Gasteiger partial charge on any atom is 0.161 e. The molecule has 0 aliphatic heterocycles. The fraction of sp³-hybridized carbons (Fsp3) is 0.250. The Morgan fingerprint density at radius 3 is 2.67 bits per heavy atom. The molecular weight excluding hydrogens is 264 g/mol. The lowest BCUT2D eigenvalue weighted by atomic mass is 10.2. The first-order valence-corrected chi connectivity index (χ1v) is 6.93. The molecule has 0 radical (unpaired) electrons. The summed E-state index contributed by atoms with van der Waals surface area (Å²) in [5.41, 5.74) is 0.945. The van der Waals surface area contributed by atoms with Crippen LogP contribution >= 0.6 is 0 Å². The van der Waals surface area contributed by atoms with Crippen molar-refractivity contribution in [3.05, 3.63) is 60.2 Å². The molecule has 1 N–H and O–H groups in total. The molecule has 5 heteroatoms. The first-order valence-electron chi connectivity index (χ1n) is 6.93. The Kier molecular flexibility index (Phi) is 3.48. The van der Waals surface area contributed by atoms with E-state index in [0.29, 0.717) is 0 Å². The average molecular weight is 282 g/mol. The molecule has 5 nitrogen and oxygen atoms in total. The van der Waals surface area contributed by atoms with Crippen molar-refractivity contribution in [3.8, 4) is 5.82 Å². The van der Waals surface area contributed by atoms with E-state index in [4.69, 9.17) is 4.42 Å². The number of furan rings is 1. The molecule has 0 saturated heterocycles. The number of anilines is 1. The van der Waals surface area contributed by atoms with Crippen LogP contribution in [0.4, 0.5) is 5.69 Å². The molecule has 0 fully saturated rings. The molecule has 0 amide bonds. The number of pyridine rings is 1. The van der Waals surface area contributed by atoms with Crippen LogP contribution in [0, 0.1) is 13.8 Å². The second kappa shape index (κ2) is 5.44. The largest absolute Gasteiger partial charge is 0.464 e. The third-order valence-corrected chi connectivity index (χ3v) is 3.40. The Bertz CT molecular complexity index is 744. The predicted octanol–water partition coefficient (Wildman–Crippen LogP) is 3.65. The molecule has 0 aliphatic rings. The standard InChI is InChI=1S/C16H18N4O/c1-11-6-7-15(21-11)12(2)19-14-5-4-8-18-16(14)20-10-9-17-13(20)3/h4-10,12,19H,1-3H3. The van der Waals surface area contributed by atoms with Gasteiger partial charge in [-0.2, -0.15) is 0 Å². The lowest BCUT2D eigenvalue weighted by Crippen LogP contribution is -2.10. The molecule has 0 aliphatic carbocycles. The van der Waals surface area contributed by atoms with Crippen molar-refractivity contribution < 1.29 is 4.42 Å². The lowest BCUT2D eigenvalue weighted by molar-refractivity contribution is 0.467. The molecule has 1 unspecified atom stereocenters. The van der Waals surface area contributed by atoms with Crippen molar-refractivity contribution in [1.29, 1.82) is 0 Å². The first kappa shape index (κ1) is 13.4. The van der Waals surface area contributed by atoms with Gasteiger partial charge in [-0.3, -0.25) is 4.57 Å². The number of nitrogens with one attached hydrogen (secondary N) is 1. The number of nitrogens with zero attached hydrogens (tertiary/aromatic N) is 3. The van der Waals surface area contributed by atoms with Gasteiger partial charge >= 0.3 is 0 Å². The highest BCUT2D eigenvalue weighted by Gasteiger charge is 2.13. The highest BCUT2D eigenvalue weighted by molar-refractivity contribution is 5.57. The molecule has 3 heterocycles. The SMILES string of the molecule is Cc1ccc(C(C)Nc2cccnc2-n2ccnc2C)o1. The maximum atomic E-state index is 5.67. The summed E-state index contributed by atoms with van der Waals surface area (Å²) in [7, 11) is 0.